The average Bonchev–Trinajstić information content (AvgIpc) is 3.08. The normalized spacial score (nSPS) is 10.9. The van der Waals surface area contributed by atoms with E-state index >= 15 is 0 Å². The summed E-state index contributed by atoms with van der Waals surface area (Å²) in [6.07, 6.45) is 0. The number of aromatic amines is 1. The maximum Gasteiger partial charge on any atom is 0.138 e. The quantitative estimate of drug-likeness (QED) is 0.383. The van der Waals surface area contributed by atoms with E-state index in [4.69, 9.17) is 39.8 Å². The number of benzene rings is 3. The van der Waals surface area contributed by atoms with Gasteiger partial charge in [-0.05, 0) is 36.4 Å². The molecule has 4 rings (SSSR count). The Kier molecular flexibility index (Phi) is 4.73. The van der Waals surface area contributed by atoms with Crippen molar-refractivity contribution in [3.8, 4) is 33.9 Å². The Bertz CT molecular complexity index is 989. The number of aromatic nitrogens is 2. The van der Waals surface area contributed by atoms with Crippen molar-refractivity contribution in [2.45, 2.75) is 0 Å². The Hall–Kier alpha value is -2.26. The van der Waals surface area contributed by atoms with Gasteiger partial charge < -0.3 is 4.98 Å². The van der Waals surface area contributed by atoms with E-state index in [-0.39, 0.29) is 0 Å². The third-order valence-corrected chi connectivity index (χ3v) is 4.79. The monoisotopic (exact) mass is 398 g/mol. The second-order valence-electron chi connectivity index (χ2n) is 5.83. The van der Waals surface area contributed by atoms with Crippen LogP contribution < -0.4 is 0 Å². The largest absolute Gasteiger partial charge is 0.337 e. The predicted octanol–water partition coefficient (Wildman–Crippen LogP) is 7.37. The summed E-state index contributed by atoms with van der Waals surface area (Å²) < 4.78 is 0. The Morgan fingerprint density at radius 1 is 0.615 bits per heavy atom. The van der Waals surface area contributed by atoms with Crippen molar-refractivity contribution in [3.05, 3.63) is 87.9 Å². The highest BCUT2D eigenvalue weighted by atomic mass is 35.5. The van der Waals surface area contributed by atoms with Crippen LogP contribution in [0.5, 0.6) is 0 Å². The minimum absolute atomic E-state index is 0.667. The Labute approximate surface area is 166 Å². The summed E-state index contributed by atoms with van der Waals surface area (Å²) in [6, 6.07) is 22.9. The first-order chi connectivity index (χ1) is 12.6. The second kappa shape index (κ2) is 7.16. The number of H-pyrrole nitrogens is 1. The molecule has 0 radical (unpaired) electrons. The molecule has 2 nitrogen and oxygen atoms in total. The average molecular weight is 400 g/mol. The summed E-state index contributed by atoms with van der Waals surface area (Å²) in [5.74, 6) is 0.752. The maximum absolute atomic E-state index is 6.14. The summed E-state index contributed by atoms with van der Waals surface area (Å²) in [7, 11) is 0. The van der Waals surface area contributed by atoms with Crippen LogP contribution >= 0.6 is 34.8 Å². The first-order valence-electron chi connectivity index (χ1n) is 7.98. The fourth-order valence-corrected chi connectivity index (χ4v) is 3.23. The van der Waals surface area contributed by atoms with E-state index in [0.29, 0.717) is 15.1 Å². The molecule has 0 aliphatic rings. The van der Waals surface area contributed by atoms with Crippen molar-refractivity contribution in [2.24, 2.45) is 0 Å². The maximum atomic E-state index is 6.14. The molecule has 0 saturated heterocycles. The zero-order valence-electron chi connectivity index (χ0n) is 13.5. The third-order valence-electron chi connectivity index (χ3n) is 4.05. The van der Waals surface area contributed by atoms with Crippen LogP contribution in [0.3, 0.4) is 0 Å². The lowest BCUT2D eigenvalue weighted by atomic mass is 10.1. The molecular formula is C21H13Cl3N2. The smallest absolute Gasteiger partial charge is 0.138 e. The second-order valence-corrected chi connectivity index (χ2v) is 7.14. The van der Waals surface area contributed by atoms with E-state index in [2.05, 4.69) is 4.98 Å². The van der Waals surface area contributed by atoms with Gasteiger partial charge in [0.25, 0.3) is 0 Å². The molecule has 0 bridgehead atoms. The first kappa shape index (κ1) is 17.2. The van der Waals surface area contributed by atoms with Gasteiger partial charge in [-0.25, -0.2) is 4.98 Å². The highest BCUT2D eigenvalue weighted by Crippen LogP contribution is 2.34. The summed E-state index contributed by atoms with van der Waals surface area (Å²) in [5.41, 5.74) is 4.66. The number of nitrogens with one attached hydrogen (secondary N) is 1. The molecule has 0 aliphatic carbocycles. The fourth-order valence-electron chi connectivity index (χ4n) is 2.79. The van der Waals surface area contributed by atoms with E-state index < -0.39 is 0 Å². The van der Waals surface area contributed by atoms with Crippen LogP contribution in [-0.4, -0.2) is 9.97 Å². The van der Waals surface area contributed by atoms with Gasteiger partial charge in [-0.15, -0.1) is 0 Å². The van der Waals surface area contributed by atoms with Crippen LogP contribution in [0.25, 0.3) is 33.9 Å². The molecule has 1 heterocycles. The minimum Gasteiger partial charge on any atom is -0.337 e. The minimum atomic E-state index is 0.667. The number of nitrogens with zero attached hydrogens (tertiary/aromatic N) is 1. The van der Waals surface area contributed by atoms with Gasteiger partial charge >= 0.3 is 0 Å². The molecule has 0 amide bonds. The fraction of sp³-hybridized carbons (Fsp3) is 0. The highest BCUT2D eigenvalue weighted by Gasteiger charge is 2.15. The summed E-state index contributed by atoms with van der Waals surface area (Å²) in [4.78, 5) is 8.26. The molecule has 26 heavy (non-hydrogen) atoms. The molecule has 0 unspecified atom stereocenters. The van der Waals surface area contributed by atoms with Crippen molar-refractivity contribution in [2.75, 3.05) is 0 Å². The van der Waals surface area contributed by atoms with Crippen LogP contribution in [0.15, 0.2) is 72.8 Å². The number of hydrogen-bond donors (Lipinski definition) is 1. The molecule has 0 spiro atoms. The third kappa shape index (κ3) is 3.49. The number of rotatable bonds is 3. The zero-order chi connectivity index (χ0) is 18.1. The molecule has 3 aromatic carbocycles. The van der Waals surface area contributed by atoms with Crippen molar-refractivity contribution in [1.29, 1.82) is 0 Å². The molecule has 5 heteroatoms. The first-order valence-corrected chi connectivity index (χ1v) is 9.11. The van der Waals surface area contributed by atoms with Gasteiger partial charge in [0.15, 0.2) is 0 Å². The van der Waals surface area contributed by atoms with Gasteiger partial charge in [-0.2, -0.15) is 0 Å². The molecule has 1 aromatic heterocycles. The molecular weight excluding hydrogens is 387 g/mol. The Balaban J connectivity index is 1.90. The van der Waals surface area contributed by atoms with Crippen molar-refractivity contribution >= 4 is 34.8 Å². The molecule has 0 atom stereocenters. The molecule has 0 saturated carbocycles. The Morgan fingerprint density at radius 2 is 1.23 bits per heavy atom. The molecule has 128 valence electrons. The predicted molar refractivity (Wildman–Crippen MR) is 110 cm³/mol. The SMILES string of the molecule is Clc1ccc(-c2nc(-c3cccc(Cl)c3)[nH]c2-c2ccc(Cl)cc2)cc1. The topological polar surface area (TPSA) is 28.7 Å². The van der Waals surface area contributed by atoms with Gasteiger partial charge in [-0.3, -0.25) is 0 Å². The van der Waals surface area contributed by atoms with Gasteiger partial charge in [0, 0.05) is 31.8 Å². The summed E-state index contributed by atoms with van der Waals surface area (Å²) in [6.45, 7) is 0. The summed E-state index contributed by atoms with van der Waals surface area (Å²) in [5, 5.41) is 2.05. The van der Waals surface area contributed by atoms with Crippen LogP contribution in [0.4, 0.5) is 0 Å². The van der Waals surface area contributed by atoms with E-state index in [1.807, 2.05) is 72.8 Å². The molecule has 1 N–H and O–H groups in total. The zero-order valence-corrected chi connectivity index (χ0v) is 15.8. The van der Waals surface area contributed by atoms with Crippen molar-refractivity contribution < 1.29 is 0 Å². The van der Waals surface area contributed by atoms with Gasteiger partial charge in [-0.1, -0.05) is 71.2 Å². The van der Waals surface area contributed by atoms with Crippen LogP contribution in [0.1, 0.15) is 0 Å². The van der Waals surface area contributed by atoms with Gasteiger partial charge in [0.05, 0.1) is 11.4 Å². The standard InChI is InChI=1S/C21H13Cl3N2/c22-16-8-4-13(5-9-16)19-20(14-6-10-17(23)11-7-14)26-21(25-19)15-2-1-3-18(24)12-15/h1-12H,(H,25,26). The molecule has 4 aromatic rings. The lowest BCUT2D eigenvalue weighted by Gasteiger charge is -2.03. The van der Waals surface area contributed by atoms with E-state index in [1.54, 1.807) is 0 Å². The summed E-state index contributed by atoms with van der Waals surface area (Å²) >= 11 is 18.2. The lowest BCUT2D eigenvalue weighted by molar-refractivity contribution is 1.31. The number of hydrogen-bond acceptors (Lipinski definition) is 1. The van der Waals surface area contributed by atoms with Crippen LogP contribution in [-0.2, 0) is 0 Å². The highest BCUT2D eigenvalue weighted by molar-refractivity contribution is 6.31. The molecule has 0 fully saturated rings. The Morgan fingerprint density at radius 3 is 1.85 bits per heavy atom. The lowest BCUT2D eigenvalue weighted by Crippen LogP contribution is -1.83. The van der Waals surface area contributed by atoms with E-state index in [1.165, 1.54) is 0 Å². The van der Waals surface area contributed by atoms with Crippen molar-refractivity contribution in [3.63, 3.8) is 0 Å². The van der Waals surface area contributed by atoms with Gasteiger partial charge in [0.1, 0.15) is 5.82 Å². The van der Waals surface area contributed by atoms with Crippen LogP contribution in [0.2, 0.25) is 15.1 Å². The molecule has 0 aliphatic heterocycles. The van der Waals surface area contributed by atoms with E-state index in [0.717, 1.165) is 33.9 Å². The van der Waals surface area contributed by atoms with Crippen LogP contribution in [0, 0.1) is 0 Å². The van der Waals surface area contributed by atoms with Crippen molar-refractivity contribution in [1.82, 2.24) is 9.97 Å². The van der Waals surface area contributed by atoms with E-state index in [9.17, 15) is 0 Å². The number of halogens is 3. The van der Waals surface area contributed by atoms with Gasteiger partial charge in [0.2, 0.25) is 0 Å². The number of imidazole rings is 1.